The molecule has 1 aromatic carbocycles. The Morgan fingerprint density at radius 3 is 2.09 bits per heavy atom. The minimum Gasteiger partial charge on any atom is -0.323 e. The average molecular weight is 436 g/mol. The molecule has 0 heterocycles. The summed E-state index contributed by atoms with van der Waals surface area (Å²) in [4.78, 5) is 11.8. The van der Waals surface area contributed by atoms with Gasteiger partial charge < -0.3 is 5.32 Å². The molecule has 2 N–H and O–H groups in total. The Labute approximate surface area is 191 Å². The van der Waals surface area contributed by atoms with Crippen molar-refractivity contribution >= 4 is 23.4 Å². The predicted octanol–water partition coefficient (Wildman–Crippen LogP) is 7.06. The van der Waals surface area contributed by atoms with Gasteiger partial charge in [-0.1, -0.05) is 43.7 Å². The summed E-state index contributed by atoms with van der Waals surface area (Å²) >= 11 is 0. The van der Waals surface area contributed by atoms with Gasteiger partial charge in [-0.2, -0.15) is 5.26 Å². The zero-order valence-corrected chi connectivity index (χ0v) is 20.5. The van der Waals surface area contributed by atoms with Crippen molar-refractivity contribution in [2.24, 2.45) is 0 Å². The zero-order chi connectivity index (χ0) is 24.7. The molecular weight excluding hydrogens is 401 g/mol. The first-order valence-electron chi connectivity index (χ1n) is 10.8. The van der Waals surface area contributed by atoms with E-state index in [1.165, 1.54) is 6.92 Å². The van der Waals surface area contributed by atoms with E-state index in [9.17, 15) is 10.1 Å². The van der Waals surface area contributed by atoms with Crippen molar-refractivity contribution in [3.8, 4) is 6.07 Å². The molecule has 0 saturated heterocycles. The first-order chi connectivity index (χ1) is 15.0. The second-order valence-corrected chi connectivity index (χ2v) is 7.86. The fourth-order valence-corrected chi connectivity index (χ4v) is 3.87. The second kappa shape index (κ2) is 11.4. The number of hydrogen-bond acceptors (Lipinski definition) is 3. The molecule has 0 aliphatic heterocycles. The van der Waals surface area contributed by atoms with Crippen molar-refractivity contribution in [2.75, 3.05) is 5.32 Å². The third-order valence-electron chi connectivity index (χ3n) is 5.67. The molecule has 0 fully saturated rings. The maximum Gasteiger partial charge on any atom is 0.221 e. The van der Waals surface area contributed by atoms with E-state index in [1.54, 1.807) is 6.08 Å². The molecule has 0 saturated carbocycles. The van der Waals surface area contributed by atoms with E-state index < -0.39 is 11.7 Å². The molecule has 4 nitrogen and oxygen atoms in total. The van der Waals surface area contributed by atoms with Crippen molar-refractivity contribution < 1.29 is 9.18 Å². The van der Waals surface area contributed by atoms with Crippen LogP contribution in [0.25, 0.3) is 6.08 Å². The Kier molecular flexibility index (Phi) is 9.53. The zero-order valence-electron chi connectivity index (χ0n) is 20.5. The van der Waals surface area contributed by atoms with Crippen LogP contribution in [-0.4, -0.2) is 11.6 Å². The molecule has 0 atom stereocenters. The van der Waals surface area contributed by atoms with Crippen LogP contribution in [0.3, 0.4) is 0 Å². The van der Waals surface area contributed by atoms with Crippen LogP contribution in [0.1, 0.15) is 77.6 Å². The summed E-state index contributed by atoms with van der Waals surface area (Å²) in [6.45, 7) is 18.3. The third kappa shape index (κ3) is 5.13. The van der Waals surface area contributed by atoms with Gasteiger partial charge in [-0.3, -0.25) is 10.2 Å². The Hall–Kier alpha value is -3.26. The lowest BCUT2D eigenvalue weighted by atomic mass is 9.82. The number of nitrogens with zero attached hydrogens (tertiary/aromatic N) is 1. The number of rotatable bonds is 8. The molecule has 170 valence electrons. The summed E-state index contributed by atoms with van der Waals surface area (Å²) in [6.07, 6.45) is 4.52. The van der Waals surface area contributed by atoms with Gasteiger partial charge >= 0.3 is 0 Å². The van der Waals surface area contributed by atoms with Gasteiger partial charge in [0.25, 0.3) is 0 Å². The molecule has 0 spiro atoms. The number of amides is 1. The van der Waals surface area contributed by atoms with E-state index in [2.05, 4.69) is 18.0 Å². The number of anilines is 1. The van der Waals surface area contributed by atoms with Crippen LogP contribution in [-0.2, 0) is 17.6 Å². The monoisotopic (exact) mass is 435 g/mol. The topological polar surface area (TPSA) is 76.7 Å². The largest absolute Gasteiger partial charge is 0.323 e. The highest BCUT2D eigenvalue weighted by Gasteiger charge is 2.28. The van der Waals surface area contributed by atoms with Gasteiger partial charge in [-0.25, -0.2) is 4.39 Å². The molecule has 1 amide bonds. The van der Waals surface area contributed by atoms with E-state index in [0.29, 0.717) is 35.1 Å². The van der Waals surface area contributed by atoms with Gasteiger partial charge in [0, 0.05) is 23.6 Å². The molecule has 1 aromatic rings. The van der Waals surface area contributed by atoms with Crippen LogP contribution in [0.4, 0.5) is 10.1 Å². The van der Waals surface area contributed by atoms with Gasteiger partial charge in [0.15, 0.2) is 5.82 Å². The Morgan fingerprint density at radius 2 is 1.72 bits per heavy atom. The van der Waals surface area contributed by atoms with E-state index in [-0.39, 0.29) is 17.0 Å². The van der Waals surface area contributed by atoms with Crippen molar-refractivity contribution in [3.63, 3.8) is 0 Å². The number of benzene rings is 1. The number of hydrogen-bond donors (Lipinski definition) is 2. The first-order valence-corrected chi connectivity index (χ1v) is 10.8. The van der Waals surface area contributed by atoms with Gasteiger partial charge in [0.05, 0.1) is 23.0 Å². The minimum atomic E-state index is -0.677. The molecule has 0 aliphatic rings. The number of nitrogens with one attached hydrogen (secondary N) is 2. The van der Waals surface area contributed by atoms with E-state index >= 15 is 4.39 Å². The smallest absolute Gasteiger partial charge is 0.221 e. The third-order valence-corrected chi connectivity index (χ3v) is 5.67. The molecule has 0 unspecified atom stereocenters. The molecule has 5 heteroatoms. The standard InChI is InChI=1S/C27H34FN3O/c1-10-16(7)17(8)23(22(14-29)15(5)6)26(30)24-20(12-3)19(11-2)21(13-4)27(25(24)28)31-18(9)32/h10,13,30H,4,11-12H2,1-3,5-9H3,(H,31,32)/b16-10-,23-17-,30-26?. The summed E-state index contributed by atoms with van der Waals surface area (Å²) in [6, 6.07) is 2.21. The molecule has 32 heavy (non-hydrogen) atoms. The van der Waals surface area contributed by atoms with Crippen LogP contribution < -0.4 is 5.32 Å². The van der Waals surface area contributed by atoms with Gasteiger partial charge in [0.1, 0.15) is 0 Å². The lowest BCUT2D eigenvalue weighted by molar-refractivity contribution is -0.114. The van der Waals surface area contributed by atoms with E-state index in [0.717, 1.165) is 22.3 Å². The highest BCUT2D eigenvalue weighted by atomic mass is 19.1. The van der Waals surface area contributed by atoms with Crippen LogP contribution in [0.15, 0.2) is 40.5 Å². The molecule has 0 radical (unpaired) electrons. The van der Waals surface area contributed by atoms with Crippen molar-refractivity contribution in [3.05, 3.63) is 68.6 Å². The Balaban J connectivity index is 4.26. The number of nitriles is 1. The highest BCUT2D eigenvalue weighted by molar-refractivity contribution is 6.17. The van der Waals surface area contributed by atoms with E-state index in [4.69, 9.17) is 5.41 Å². The quantitative estimate of drug-likeness (QED) is 0.260. The highest BCUT2D eigenvalue weighted by Crippen LogP contribution is 2.36. The maximum absolute atomic E-state index is 16.0. The van der Waals surface area contributed by atoms with Crippen LogP contribution in [0.2, 0.25) is 0 Å². The van der Waals surface area contributed by atoms with Gasteiger partial charge in [-0.15, -0.1) is 0 Å². The molecule has 0 aliphatic carbocycles. The summed E-state index contributed by atoms with van der Waals surface area (Å²) < 4.78 is 16.0. The predicted molar refractivity (Wildman–Crippen MR) is 132 cm³/mol. The van der Waals surface area contributed by atoms with Crippen LogP contribution in [0.5, 0.6) is 0 Å². The molecule has 0 aromatic heterocycles. The summed E-state index contributed by atoms with van der Waals surface area (Å²) in [7, 11) is 0. The van der Waals surface area contributed by atoms with Crippen LogP contribution in [0, 0.1) is 22.6 Å². The van der Waals surface area contributed by atoms with E-state index in [1.807, 2.05) is 54.5 Å². The Bertz CT molecular complexity index is 1090. The summed E-state index contributed by atoms with van der Waals surface area (Å²) in [5.41, 5.74) is 5.27. The van der Waals surface area contributed by atoms with Crippen LogP contribution >= 0.6 is 0 Å². The second-order valence-electron chi connectivity index (χ2n) is 7.86. The number of halogens is 1. The molecule has 1 rings (SSSR count). The van der Waals surface area contributed by atoms with Crippen molar-refractivity contribution in [1.82, 2.24) is 0 Å². The maximum atomic E-state index is 16.0. The first kappa shape index (κ1) is 26.8. The lowest BCUT2D eigenvalue weighted by Gasteiger charge is -2.24. The normalized spacial score (nSPS) is 11.9. The fourth-order valence-electron chi connectivity index (χ4n) is 3.87. The average Bonchev–Trinajstić information content (AvgIpc) is 2.75. The minimum absolute atomic E-state index is 0.0248. The van der Waals surface area contributed by atoms with Gasteiger partial charge in [0.2, 0.25) is 5.91 Å². The van der Waals surface area contributed by atoms with Gasteiger partial charge in [-0.05, 0) is 64.2 Å². The number of allylic oxidation sites excluding steroid dienone is 6. The summed E-state index contributed by atoms with van der Waals surface area (Å²) in [5.74, 6) is -1.09. The molecule has 0 bridgehead atoms. The van der Waals surface area contributed by atoms with Crippen molar-refractivity contribution in [2.45, 2.75) is 68.2 Å². The fraction of sp³-hybridized carbons (Fsp3) is 0.370. The lowest BCUT2D eigenvalue weighted by Crippen LogP contribution is -2.19. The van der Waals surface area contributed by atoms with Crippen molar-refractivity contribution in [1.29, 1.82) is 10.7 Å². The summed E-state index contributed by atoms with van der Waals surface area (Å²) in [5, 5.41) is 21.6. The molecular formula is C27H34FN3O. The number of carbonyl (C=O) groups excluding carboxylic acids is 1. The Morgan fingerprint density at radius 1 is 1.16 bits per heavy atom. The SMILES string of the molecule is C=Cc1c(CC)c(CC)c(C(=N)/C(C(C#N)=C(C)C)=C(C)\C(C)=C/C)c(F)c1NC(C)=O. The number of carbonyl (C=O) groups is 1.